The van der Waals surface area contributed by atoms with Crippen LogP contribution in [0.15, 0.2) is 0 Å². The molecule has 1 fully saturated rings. The molecule has 34 heavy (non-hydrogen) atoms. The molecule has 0 aromatic rings. The van der Waals surface area contributed by atoms with Gasteiger partial charge in [-0.25, -0.2) is 4.79 Å². The van der Waals surface area contributed by atoms with Gasteiger partial charge >= 0.3 is 12.1 Å². The van der Waals surface area contributed by atoms with Crippen molar-refractivity contribution in [3.8, 4) is 0 Å². The van der Waals surface area contributed by atoms with Gasteiger partial charge in [0, 0.05) is 19.5 Å². The molecule has 1 atom stereocenters. The van der Waals surface area contributed by atoms with Crippen LogP contribution in [0.3, 0.4) is 0 Å². The highest BCUT2D eigenvalue weighted by Crippen LogP contribution is 2.16. The van der Waals surface area contributed by atoms with Crippen molar-refractivity contribution in [2.24, 2.45) is 0 Å². The van der Waals surface area contributed by atoms with Crippen molar-refractivity contribution in [2.75, 3.05) is 39.4 Å². The summed E-state index contributed by atoms with van der Waals surface area (Å²) in [5, 5.41) is 21.0. The number of carbonyl (C=O) groups excluding carboxylic acids is 2. The average molecular weight is 487 g/mol. The van der Waals surface area contributed by atoms with Gasteiger partial charge in [0.05, 0.1) is 13.2 Å². The standard InChI is InChI=1S/C26H50N2O6/c1-2-3-4-5-6-7-8-9-10-11-14-23(15-16-25(31)33-24(21-29)22-30)34-26(32)27-17-20-28-18-12-13-19-28/h23-24,29-30H,2-22H2,1H3,(H,27,32). The van der Waals surface area contributed by atoms with Gasteiger partial charge in [0.15, 0.2) is 0 Å². The van der Waals surface area contributed by atoms with E-state index in [4.69, 9.17) is 19.7 Å². The summed E-state index contributed by atoms with van der Waals surface area (Å²) in [5.41, 5.74) is 0. The molecule has 8 nitrogen and oxygen atoms in total. The highest BCUT2D eigenvalue weighted by atomic mass is 16.6. The highest BCUT2D eigenvalue weighted by molar-refractivity contribution is 5.70. The van der Waals surface area contributed by atoms with E-state index in [1.54, 1.807) is 0 Å². The SMILES string of the molecule is CCCCCCCCCCCCC(CCC(=O)OC(CO)CO)OC(=O)NCCN1CCCC1. The number of likely N-dealkylation sites (tertiary alicyclic amines) is 1. The van der Waals surface area contributed by atoms with E-state index in [1.165, 1.54) is 64.2 Å². The van der Waals surface area contributed by atoms with E-state index in [2.05, 4.69) is 17.1 Å². The lowest BCUT2D eigenvalue weighted by Crippen LogP contribution is -2.35. The quantitative estimate of drug-likeness (QED) is 0.165. The number of unbranched alkanes of at least 4 members (excludes halogenated alkanes) is 9. The molecular weight excluding hydrogens is 436 g/mol. The second-order valence-electron chi connectivity index (χ2n) is 9.49. The number of esters is 1. The molecule has 8 heteroatoms. The first-order chi connectivity index (χ1) is 16.6. The van der Waals surface area contributed by atoms with Crippen LogP contribution in [0.1, 0.15) is 103 Å². The first kappa shape index (κ1) is 30.7. The number of amides is 1. The molecule has 0 saturated carbocycles. The number of alkyl carbamates (subject to hydrolysis) is 1. The minimum atomic E-state index is -0.900. The molecule has 0 aromatic carbocycles. The Kier molecular flexibility index (Phi) is 18.9. The van der Waals surface area contributed by atoms with Gasteiger partial charge in [0.25, 0.3) is 0 Å². The van der Waals surface area contributed by atoms with Crippen LogP contribution in [0.2, 0.25) is 0 Å². The number of hydrogen-bond donors (Lipinski definition) is 3. The molecule has 1 saturated heterocycles. The van der Waals surface area contributed by atoms with E-state index in [9.17, 15) is 9.59 Å². The number of rotatable bonds is 21. The number of carbonyl (C=O) groups is 2. The maximum Gasteiger partial charge on any atom is 0.407 e. The van der Waals surface area contributed by atoms with E-state index in [0.717, 1.165) is 32.5 Å². The van der Waals surface area contributed by atoms with Gasteiger partial charge in [0.1, 0.15) is 12.2 Å². The minimum Gasteiger partial charge on any atom is -0.457 e. The number of aliphatic hydroxyl groups is 2. The third-order valence-corrected chi connectivity index (χ3v) is 6.43. The normalized spacial score (nSPS) is 14.9. The number of ether oxygens (including phenoxy) is 2. The van der Waals surface area contributed by atoms with Crippen LogP contribution >= 0.6 is 0 Å². The fraction of sp³-hybridized carbons (Fsp3) is 0.923. The summed E-state index contributed by atoms with van der Waals surface area (Å²) in [4.78, 5) is 26.6. The Morgan fingerprint density at radius 1 is 0.824 bits per heavy atom. The summed E-state index contributed by atoms with van der Waals surface area (Å²) in [5.74, 6) is -0.501. The van der Waals surface area contributed by atoms with Crippen molar-refractivity contribution >= 4 is 12.1 Å². The molecule has 0 radical (unpaired) electrons. The van der Waals surface area contributed by atoms with Crippen molar-refractivity contribution in [3.63, 3.8) is 0 Å². The third kappa shape index (κ3) is 16.3. The number of nitrogens with zero attached hydrogens (tertiary/aromatic N) is 1. The minimum absolute atomic E-state index is 0.0833. The maximum absolute atomic E-state index is 12.3. The second-order valence-corrected chi connectivity index (χ2v) is 9.49. The largest absolute Gasteiger partial charge is 0.457 e. The molecule has 0 spiro atoms. The second kappa shape index (κ2) is 20.9. The average Bonchev–Trinajstić information content (AvgIpc) is 3.35. The molecule has 1 amide bonds. The van der Waals surface area contributed by atoms with E-state index < -0.39 is 31.4 Å². The van der Waals surface area contributed by atoms with Gasteiger partial charge in [-0.15, -0.1) is 0 Å². The molecule has 1 unspecified atom stereocenters. The third-order valence-electron chi connectivity index (χ3n) is 6.43. The van der Waals surface area contributed by atoms with Crippen LogP contribution in [-0.4, -0.2) is 78.8 Å². The molecule has 0 bridgehead atoms. The summed E-state index contributed by atoms with van der Waals surface area (Å²) >= 11 is 0. The van der Waals surface area contributed by atoms with Crippen LogP contribution < -0.4 is 5.32 Å². The van der Waals surface area contributed by atoms with E-state index in [1.807, 2.05) is 0 Å². The topological polar surface area (TPSA) is 108 Å². The molecule has 1 aliphatic rings. The Labute approximate surface area is 206 Å². The predicted octanol–water partition coefficient (Wildman–Crippen LogP) is 4.16. The summed E-state index contributed by atoms with van der Waals surface area (Å²) < 4.78 is 10.7. The van der Waals surface area contributed by atoms with Crippen molar-refractivity contribution in [2.45, 2.75) is 115 Å². The number of hydrogen-bond acceptors (Lipinski definition) is 7. The lowest BCUT2D eigenvalue weighted by molar-refractivity contribution is -0.154. The molecule has 1 heterocycles. The maximum atomic E-state index is 12.3. The van der Waals surface area contributed by atoms with Crippen LogP contribution in [-0.2, 0) is 14.3 Å². The molecular formula is C26H50N2O6. The summed E-state index contributed by atoms with van der Waals surface area (Å²) in [6.45, 7) is 4.96. The molecule has 0 aromatic heterocycles. The molecule has 3 N–H and O–H groups in total. The smallest absolute Gasteiger partial charge is 0.407 e. The first-order valence-electron chi connectivity index (χ1n) is 13.7. The Bertz CT molecular complexity index is 510. The zero-order valence-electron chi connectivity index (χ0n) is 21.5. The molecule has 1 aliphatic heterocycles. The van der Waals surface area contributed by atoms with Gasteiger partial charge < -0.3 is 29.9 Å². The molecule has 1 rings (SSSR count). The highest BCUT2D eigenvalue weighted by Gasteiger charge is 2.19. The van der Waals surface area contributed by atoms with Crippen molar-refractivity contribution < 1.29 is 29.3 Å². The Balaban J connectivity index is 2.29. The summed E-state index contributed by atoms with van der Waals surface area (Å²) in [6, 6.07) is 0. The van der Waals surface area contributed by atoms with Crippen molar-refractivity contribution in [3.05, 3.63) is 0 Å². The Hall–Kier alpha value is -1.38. The van der Waals surface area contributed by atoms with Crippen LogP contribution in [0, 0.1) is 0 Å². The van der Waals surface area contributed by atoms with Crippen LogP contribution in [0.5, 0.6) is 0 Å². The fourth-order valence-corrected chi connectivity index (χ4v) is 4.29. The summed E-state index contributed by atoms with van der Waals surface area (Å²) in [6.07, 6.45) is 14.3. The Morgan fingerprint density at radius 2 is 1.41 bits per heavy atom. The van der Waals surface area contributed by atoms with Crippen molar-refractivity contribution in [1.29, 1.82) is 0 Å². The number of nitrogens with one attached hydrogen (secondary N) is 1. The number of aliphatic hydroxyl groups excluding tert-OH is 2. The van der Waals surface area contributed by atoms with Gasteiger partial charge in [-0.1, -0.05) is 64.7 Å². The van der Waals surface area contributed by atoms with Gasteiger partial charge in [-0.3, -0.25) is 4.79 Å². The van der Waals surface area contributed by atoms with Gasteiger partial charge in [-0.05, 0) is 45.2 Å². The van der Waals surface area contributed by atoms with E-state index >= 15 is 0 Å². The van der Waals surface area contributed by atoms with Gasteiger partial charge in [0.2, 0.25) is 0 Å². The van der Waals surface area contributed by atoms with E-state index in [-0.39, 0.29) is 12.5 Å². The van der Waals surface area contributed by atoms with Crippen LogP contribution in [0.4, 0.5) is 4.79 Å². The Morgan fingerprint density at radius 3 is 2.00 bits per heavy atom. The zero-order valence-corrected chi connectivity index (χ0v) is 21.5. The van der Waals surface area contributed by atoms with E-state index in [0.29, 0.717) is 19.4 Å². The molecule has 0 aliphatic carbocycles. The monoisotopic (exact) mass is 486 g/mol. The zero-order chi connectivity index (χ0) is 24.9. The van der Waals surface area contributed by atoms with Crippen molar-refractivity contribution in [1.82, 2.24) is 10.2 Å². The lowest BCUT2D eigenvalue weighted by Gasteiger charge is -2.20. The predicted molar refractivity (Wildman–Crippen MR) is 134 cm³/mol. The lowest BCUT2D eigenvalue weighted by atomic mass is 10.0. The van der Waals surface area contributed by atoms with Crippen LogP contribution in [0.25, 0.3) is 0 Å². The summed E-state index contributed by atoms with van der Waals surface area (Å²) in [7, 11) is 0. The van der Waals surface area contributed by atoms with Gasteiger partial charge in [-0.2, -0.15) is 0 Å². The molecule has 200 valence electrons. The first-order valence-corrected chi connectivity index (χ1v) is 13.7. The fourth-order valence-electron chi connectivity index (χ4n) is 4.29.